The highest BCUT2D eigenvalue weighted by molar-refractivity contribution is 7.89. The standard InChI is InChI=1S/C20H27N3O3S2/c1-26-17-6-8-18(9-7-17)28(24,25)23-12-10-16(11-13-23)20-22-21-19(27-20)14-15-4-2-3-5-15/h6-9,15-16H,2-5,10-14H2,1H3. The zero-order chi connectivity index (χ0) is 19.6. The summed E-state index contributed by atoms with van der Waals surface area (Å²) in [6.07, 6.45) is 7.98. The molecule has 2 aromatic rings. The number of hydrogen-bond acceptors (Lipinski definition) is 6. The molecule has 0 radical (unpaired) electrons. The van der Waals surface area contributed by atoms with Crippen LogP contribution >= 0.6 is 11.3 Å². The van der Waals surface area contributed by atoms with Crippen molar-refractivity contribution in [3.05, 3.63) is 34.3 Å². The number of nitrogens with zero attached hydrogens (tertiary/aromatic N) is 3. The lowest BCUT2D eigenvalue weighted by atomic mass is 9.99. The Balaban J connectivity index is 1.36. The van der Waals surface area contributed by atoms with E-state index >= 15 is 0 Å². The van der Waals surface area contributed by atoms with Crippen LogP contribution in [0.15, 0.2) is 29.2 Å². The first-order valence-electron chi connectivity index (χ1n) is 10.0. The fourth-order valence-corrected chi connectivity index (χ4v) is 6.81. The van der Waals surface area contributed by atoms with Gasteiger partial charge < -0.3 is 4.74 Å². The highest BCUT2D eigenvalue weighted by Gasteiger charge is 2.31. The molecule has 2 aliphatic rings. The quantitative estimate of drug-likeness (QED) is 0.708. The van der Waals surface area contributed by atoms with Crippen molar-refractivity contribution in [2.24, 2.45) is 5.92 Å². The van der Waals surface area contributed by atoms with Crippen LogP contribution in [0.5, 0.6) is 5.75 Å². The number of sulfonamides is 1. The molecule has 152 valence electrons. The molecule has 0 amide bonds. The van der Waals surface area contributed by atoms with Crippen molar-refractivity contribution in [3.8, 4) is 5.75 Å². The van der Waals surface area contributed by atoms with Crippen LogP contribution in [0.25, 0.3) is 0 Å². The van der Waals surface area contributed by atoms with Gasteiger partial charge in [0.15, 0.2) is 0 Å². The smallest absolute Gasteiger partial charge is 0.243 e. The van der Waals surface area contributed by atoms with Crippen LogP contribution in [0.4, 0.5) is 0 Å². The van der Waals surface area contributed by atoms with Crippen molar-refractivity contribution < 1.29 is 13.2 Å². The topological polar surface area (TPSA) is 72.4 Å². The maximum absolute atomic E-state index is 12.9. The Labute approximate surface area is 171 Å². The zero-order valence-corrected chi connectivity index (χ0v) is 17.8. The summed E-state index contributed by atoms with van der Waals surface area (Å²) in [5, 5.41) is 11.1. The molecule has 1 aliphatic carbocycles. The number of methoxy groups -OCH3 is 1. The largest absolute Gasteiger partial charge is 0.497 e. The Morgan fingerprint density at radius 3 is 2.39 bits per heavy atom. The average Bonchev–Trinajstić information content (AvgIpc) is 3.41. The molecular formula is C20H27N3O3S2. The summed E-state index contributed by atoms with van der Waals surface area (Å²) in [6.45, 7) is 1.05. The molecule has 1 aromatic carbocycles. The van der Waals surface area contributed by atoms with Crippen LogP contribution in [-0.4, -0.2) is 43.1 Å². The molecule has 1 saturated carbocycles. The molecule has 8 heteroatoms. The fourth-order valence-electron chi connectivity index (χ4n) is 4.22. The van der Waals surface area contributed by atoms with E-state index in [4.69, 9.17) is 4.74 Å². The SMILES string of the molecule is COc1ccc(S(=O)(=O)N2CCC(c3nnc(CC4CCCC4)s3)CC2)cc1. The van der Waals surface area contributed by atoms with Gasteiger partial charge in [-0.05, 0) is 43.0 Å². The molecule has 2 heterocycles. The number of hydrogen-bond donors (Lipinski definition) is 0. The molecular weight excluding hydrogens is 394 g/mol. The Kier molecular flexibility index (Phi) is 5.99. The lowest BCUT2D eigenvalue weighted by Gasteiger charge is -2.30. The monoisotopic (exact) mass is 421 g/mol. The third-order valence-electron chi connectivity index (χ3n) is 5.92. The van der Waals surface area contributed by atoms with E-state index in [2.05, 4.69) is 10.2 Å². The molecule has 2 fully saturated rings. The van der Waals surface area contributed by atoms with Gasteiger partial charge in [0.2, 0.25) is 10.0 Å². The molecule has 0 bridgehead atoms. The number of rotatable bonds is 6. The fraction of sp³-hybridized carbons (Fsp3) is 0.600. The van der Waals surface area contributed by atoms with Crippen LogP contribution in [0, 0.1) is 5.92 Å². The van der Waals surface area contributed by atoms with Crippen molar-refractivity contribution in [1.29, 1.82) is 0 Å². The highest BCUT2D eigenvalue weighted by atomic mass is 32.2. The summed E-state index contributed by atoms with van der Waals surface area (Å²) >= 11 is 1.73. The van der Waals surface area contributed by atoms with Gasteiger partial charge in [0.25, 0.3) is 0 Å². The highest BCUT2D eigenvalue weighted by Crippen LogP contribution is 2.34. The predicted octanol–water partition coefficient (Wildman–Crippen LogP) is 3.85. The van der Waals surface area contributed by atoms with Crippen LogP contribution in [0.2, 0.25) is 0 Å². The van der Waals surface area contributed by atoms with Gasteiger partial charge in [-0.3, -0.25) is 0 Å². The van der Waals surface area contributed by atoms with Gasteiger partial charge in [0, 0.05) is 25.4 Å². The summed E-state index contributed by atoms with van der Waals surface area (Å²) in [5.74, 6) is 1.75. The Bertz CT molecular complexity index is 882. The first-order chi connectivity index (χ1) is 13.6. The third-order valence-corrected chi connectivity index (χ3v) is 8.94. The van der Waals surface area contributed by atoms with E-state index in [0.29, 0.717) is 29.7 Å². The number of aromatic nitrogens is 2. The predicted molar refractivity (Wildman–Crippen MR) is 109 cm³/mol. The van der Waals surface area contributed by atoms with Gasteiger partial charge in [-0.25, -0.2) is 8.42 Å². The summed E-state index contributed by atoms with van der Waals surface area (Å²) in [7, 11) is -1.89. The molecule has 0 spiro atoms. The Morgan fingerprint density at radius 1 is 1.07 bits per heavy atom. The van der Waals surface area contributed by atoms with E-state index in [0.717, 1.165) is 35.2 Å². The minimum atomic E-state index is -3.46. The van der Waals surface area contributed by atoms with Gasteiger partial charge >= 0.3 is 0 Å². The summed E-state index contributed by atoms with van der Waals surface area (Å²) in [6, 6.07) is 6.60. The van der Waals surface area contributed by atoms with E-state index in [-0.39, 0.29) is 0 Å². The van der Waals surface area contributed by atoms with Crippen molar-refractivity contribution in [3.63, 3.8) is 0 Å². The molecule has 6 nitrogen and oxygen atoms in total. The summed E-state index contributed by atoms with van der Waals surface area (Å²) in [4.78, 5) is 0.321. The van der Waals surface area contributed by atoms with E-state index in [1.54, 1.807) is 47.0 Å². The second-order valence-electron chi connectivity index (χ2n) is 7.74. The molecule has 4 rings (SSSR count). The van der Waals surface area contributed by atoms with Gasteiger partial charge in [0.05, 0.1) is 12.0 Å². The Morgan fingerprint density at radius 2 is 1.75 bits per heavy atom. The van der Waals surface area contributed by atoms with E-state index in [1.165, 1.54) is 25.7 Å². The van der Waals surface area contributed by atoms with Crippen molar-refractivity contribution in [1.82, 2.24) is 14.5 Å². The zero-order valence-electron chi connectivity index (χ0n) is 16.2. The molecule has 28 heavy (non-hydrogen) atoms. The Hall–Kier alpha value is -1.51. The molecule has 0 atom stereocenters. The van der Waals surface area contributed by atoms with Gasteiger partial charge in [-0.1, -0.05) is 25.7 Å². The molecule has 1 aliphatic heterocycles. The van der Waals surface area contributed by atoms with Crippen LogP contribution in [0.3, 0.4) is 0 Å². The van der Waals surface area contributed by atoms with Crippen LogP contribution in [-0.2, 0) is 16.4 Å². The second kappa shape index (κ2) is 8.47. The normalized spacial score (nSPS) is 19.9. The van der Waals surface area contributed by atoms with Gasteiger partial charge in [-0.15, -0.1) is 21.5 Å². The van der Waals surface area contributed by atoms with Gasteiger partial charge in [0.1, 0.15) is 15.8 Å². The summed E-state index contributed by atoms with van der Waals surface area (Å²) < 4.78 is 32.5. The minimum absolute atomic E-state index is 0.317. The van der Waals surface area contributed by atoms with Crippen molar-refractivity contribution in [2.75, 3.05) is 20.2 Å². The van der Waals surface area contributed by atoms with E-state index in [1.807, 2.05) is 0 Å². The van der Waals surface area contributed by atoms with Crippen molar-refractivity contribution in [2.45, 2.75) is 55.8 Å². The first kappa shape index (κ1) is 19.8. The second-order valence-corrected chi connectivity index (χ2v) is 10.8. The lowest BCUT2D eigenvalue weighted by Crippen LogP contribution is -2.37. The molecule has 0 N–H and O–H groups in total. The maximum Gasteiger partial charge on any atom is 0.243 e. The molecule has 1 aromatic heterocycles. The summed E-state index contributed by atoms with van der Waals surface area (Å²) in [5.41, 5.74) is 0. The maximum atomic E-state index is 12.9. The minimum Gasteiger partial charge on any atom is -0.497 e. The molecule has 0 unspecified atom stereocenters. The number of benzene rings is 1. The van der Waals surface area contributed by atoms with Gasteiger partial charge in [-0.2, -0.15) is 4.31 Å². The van der Waals surface area contributed by atoms with Crippen LogP contribution < -0.4 is 4.74 Å². The van der Waals surface area contributed by atoms with Crippen LogP contribution in [0.1, 0.15) is 54.5 Å². The van der Waals surface area contributed by atoms with E-state index < -0.39 is 10.0 Å². The third kappa shape index (κ3) is 4.23. The lowest BCUT2D eigenvalue weighted by molar-refractivity contribution is 0.318. The van der Waals surface area contributed by atoms with Crippen molar-refractivity contribution >= 4 is 21.4 Å². The first-order valence-corrected chi connectivity index (χ1v) is 12.3. The number of piperidine rings is 1. The van der Waals surface area contributed by atoms with E-state index in [9.17, 15) is 8.42 Å². The molecule has 1 saturated heterocycles. The number of ether oxygens (including phenoxy) is 1. The average molecular weight is 422 g/mol.